The van der Waals surface area contributed by atoms with Crippen molar-refractivity contribution in [3.8, 4) is 5.75 Å². The van der Waals surface area contributed by atoms with Crippen molar-refractivity contribution in [2.75, 3.05) is 7.11 Å². The molecular formula is C23H21F3O4. The summed E-state index contributed by atoms with van der Waals surface area (Å²) in [6, 6.07) is 9.52. The highest BCUT2D eigenvalue weighted by atomic mass is 19.4. The van der Waals surface area contributed by atoms with E-state index >= 15 is 0 Å². The molecule has 0 heterocycles. The molecule has 1 saturated carbocycles. The molecule has 4 rings (SSSR count). The number of hydrogen-bond donors (Lipinski definition) is 0. The molecule has 2 aliphatic carbocycles. The average molecular weight is 418 g/mol. The molecular weight excluding hydrogens is 397 g/mol. The molecule has 158 valence electrons. The number of carbonyl (C=O) groups is 2. The van der Waals surface area contributed by atoms with Crippen LogP contribution in [-0.4, -0.2) is 25.0 Å². The Kier molecular flexibility index (Phi) is 4.67. The number of halogens is 3. The van der Waals surface area contributed by atoms with Crippen LogP contribution in [0.3, 0.4) is 0 Å². The molecule has 7 heteroatoms. The predicted octanol–water partition coefficient (Wildman–Crippen LogP) is 5.24. The van der Waals surface area contributed by atoms with Gasteiger partial charge in [0.25, 0.3) is 0 Å². The summed E-state index contributed by atoms with van der Waals surface area (Å²) in [5.74, 6) is -2.82. The summed E-state index contributed by atoms with van der Waals surface area (Å²) in [4.78, 5) is 24.4. The van der Waals surface area contributed by atoms with Crippen LogP contribution < -0.4 is 4.74 Å². The molecule has 0 N–H and O–H groups in total. The number of hydrogen-bond acceptors (Lipinski definition) is 4. The summed E-state index contributed by atoms with van der Waals surface area (Å²) in [5.41, 5.74) is 0.536. The largest absolute Gasteiger partial charge is 0.497 e. The molecule has 2 aliphatic rings. The lowest BCUT2D eigenvalue weighted by atomic mass is 9.66. The molecule has 0 spiro atoms. The van der Waals surface area contributed by atoms with Crippen LogP contribution in [0.2, 0.25) is 0 Å². The Hall–Kier alpha value is -2.83. The number of carbonyl (C=O) groups excluding carboxylic acids is 2. The molecule has 2 aromatic rings. The Labute approximate surface area is 171 Å². The molecule has 0 aromatic heterocycles. The summed E-state index contributed by atoms with van der Waals surface area (Å²) in [6.07, 6.45) is -4.00. The minimum atomic E-state index is -4.91. The van der Waals surface area contributed by atoms with E-state index in [-0.39, 0.29) is 6.42 Å². The highest BCUT2D eigenvalue weighted by Gasteiger charge is 2.55. The van der Waals surface area contributed by atoms with Crippen LogP contribution in [0.1, 0.15) is 43.7 Å². The molecule has 0 radical (unpaired) electrons. The Morgan fingerprint density at radius 3 is 2.57 bits per heavy atom. The second kappa shape index (κ2) is 6.86. The van der Waals surface area contributed by atoms with E-state index in [4.69, 9.17) is 4.74 Å². The molecule has 0 aliphatic heterocycles. The number of fused-ring (bicyclic) bond motifs is 5. The molecule has 0 amide bonds. The first kappa shape index (κ1) is 20.4. The number of aryl methyl sites for hydroxylation is 1. The summed E-state index contributed by atoms with van der Waals surface area (Å²) in [5, 5.41) is 1.99. The van der Waals surface area contributed by atoms with Gasteiger partial charge in [-0.15, -0.1) is 0 Å². The van der Waals surface area contributed by atoms with Crippen LogP contribution in [0.5, 0.6) is 5.75 Å². The molecule has 4 nitrogen and oxygen atoms in total. The highest BCUT2D eigenvalue weighted by Crippen LogP contribution is 2.57. The van der Waals surface area contributed by atoms with Gasteiger partial charge in [0.05, 0.1) is 7.11 Å². The second-order valence-electron chi connectivity index (χ2n) is 8.12. The number of benzene rings is 2. The summed E-state index contributed by atoms with van der Waals surface area (Å²) in [6.45, 7) is 2.62. The van der Waals surface area contributed by atoms with Crippen molar-refractivity contribution in [3.05, 3.63) is 52.8 Å². The van der Waals surface area contributed by atoms with Gasteiger partial charge in [0.15, 0.2) is 5.78 Å². The first-order valence-corrected chi connectivity index (χ1v) is 9.69. The lowest BCUT2D eigenvalue weighted by Crippen LogP contribution is -2.33. The van der Waals surface area contributed by atoms with Crippen LogP contribution in [0.15, 0.2) is 41.7 Å². The van der Waals surface area contributed by atoms with E-state index in [1.165, 1.54) is 0 Å². The maximum Gasteiger partial charge on any atom is 0.450 e. The van der Waals surface area contributed by atoms with Gasteiger partial charge >= 0.3 is 12.1 Å². The fraction of sp³-hybridized carbons (Fsp3) is 0.391. The molecule has 30 heavy (non-hydrogen) atoms. The van der Waals surface area contributed by atoms with Gasteiger partial charge in [0.2, 0.25) is 5.76 Å². The maximum absolute atomic E-state index is 13.6. The number of ketones is 1. The van der Waals surface area contributed by atoms with Crippen molar-refractivity contribution >= 4 is 22.5 Å². The molecule has 1 fully saturated rings. The minimum Gasteiger partial charge on any atom is -0.497 e. The fourth-order valence-electron chi connectivity index (χ4n) is 4.90. The standard InChI is InChI=1S/C23H21F3O4/c1-12(27)30-21(23(24,25)26)18-11-19-17-6-4-13-10-14(29-3)5-7-15(13)16(17)8-9-22(19,2)20(18)28/h4-7,10,19H,8-9,11H2,1-3H3/t19-,22-/m0/s1. The van der Waals surface area contributed by atoms with E-state index in [1.54, 1.807) is 14.0 Å². The zero-order chi connectivity index (χ0) is 21.8. The molecule has 0 unspecified atom stereocenters. The number of esters is 1. The lowest BCUT2D eigenvalue weighted by molar-refractivity contribution is -0.159. The first-order valence-electron chi connectivity index (χ1n) is 9.69. The van der Waals surface area contributed by atoms with Crippen molar-refractivity contribution in [3.63, 3.8) is 0 Å². The van der Waals surface area contributed by atoms with E-state index in [0.29, 0.717) is 12.8 Å². The quantitative estimate of drug-likeness (QED) is 0.380. The van der Waals surface area contributed by atoms with Crippen LogP contribution in [0.4, 0.5) is 13.2 Å². The van der Waals surface area contributed by atoms with E-state index in [1.807, 2.05) is 30.3 Å². The molecule has 2 atom stereocenters. The number of Topliss-reactive ketones (excluding diaryl/α,β-unsaturated/α-hetero) is 1. The second-order valence-corrected chi connectivity index (χ2v) is 8.12. The number of ether oxygens (including phenoxy) is 2. The number of methoxy groups -OCH3 is 1. The third kappa shape index (κ3) is 3.07. The van der Waals surface area contributed by atoms with Crippen molar-refractivity contribution in [2.24, 2.45) is 5.41 Å². The third-order valence-corrected chi connectivity index (χ3v) is 6.39. The predicted molar refractivity (Wildman–Crippen MR) is 104 cm³/mol. The van der Waals surface area contributed by atoms with Crippen LogP contribution in [-0.2, 0) is 20.7 Å². The van der Waals surface area contributed by atoms with Gasteiger partial charge in [0.1, 0.15) is 5.75 Å². The lowest BCUT2D eigenvalue weighted by Gasteiger charge is -2.36. The van der Waals surface area contributed by atoms with Crippen LogP contribution in [0.25, 0.3) is 10.8 Å². The zero-order valence-electron chi connectivity index (χ0n) is 16.9. The van der Waals surface area contributed by atoms with Crippen molar-refractivity contribution in [2.45, 2.75) is 45.2 Å². The van der Waals surface area contributed by atoms with E-state index in [0.717, 1.165) is 34.6 Å². The smallest absolute Gasteiger partial charge is 0.450 e. The number of alkyl halides is 3. The Balaban J connectivity index is 1.86. The fourth-order valence-corrected chi connectivity index (χ4v) is 4.90. The van der Waals surface area contributed by atoms with Crippen LogP contribution in [0, 0.1) is 5.41 Å². The number of rotatable bonds is 2. The normalized spacial score (nSPS) is 25.0. The SMILES string of the molecule is COc1ccc2c3c(ccc2c1)[C@@H]1CC(=C(OC(C)=O)C(F)(F)F)C(=O)[C@@]1(C)CC3. The molecule has 0 saturated heterocycles. The maximum atomic E-state index is 13.6. The van der Waals surface area contributed by atoms with E-state index < -0.39 is 40.6 Å². The Morgan fingerprint density at radius 2 is 1.93 bits per heavy atom. The zero-order valence-corrected chi connectivity index (χ0v) is 16.9. The monoisotopic (exact) mass is 418 g/mol. The molecule has 0 bridgehead atoms. The third-order valence-electron chi connectivity index (χ3n) is 6.39. The van der Waals surface area contributed by atoms with Gasteiger partial charge in [-0.3, -0.25) is 9.59 Å². The van der Waals surface area contributed by atoms with Gasteiger partial charge in [0, 0.05) is 23.8 Å². The Bertz CT molecular complexity index is 1100. The summed E-state index contributed by atoms with van der Waals surface area (Å²) in [7, 11) is 1.59. The van der Waals surface area contributed by atoms with E-state index in [2.05, 4.69) is 4.74 Å². The van der Waals surface area contributed by atoms with Gasteiger partial charge in [-0.2, -0.15) is 13.2 Å². The molecule has 2 aromatic carbocycles. The van der Waals surface area contributed by atoms with Crippen molar-refractivity contribution in [1.29, 1.82) is 0 Å². The summed E-state index contributed by atoms with van der Waals surface area (Å²) < 4.78 is 50.5. The van der Waals surface area contributed by atoms with Gasteiger partial charge in [-0.1, -0.05) is 25.1 Å². The van der Waals surface area contributed by atoms with Crippen molar-refractivity contribution in [1.82, 2.24) is 0 Å². The highest BCUT2D eigenvalue weighted by molar-refractivity contribution is 6.04. The Morgan fingerprint density at radius 1 is 1.20 bits per heavy atom. The van der Waals surface area contributed by atoms with Gasteiger partial charge < -0.3 is 9.47 Å². The van der Waals surface area contributed by atoms with Gasteiger partial charge in [-0.25, -0.2) is 0 Å². The first-order chi connectivity index (χ1) is 14.1. The van der Waals surface area contributed by atoms with Crippen molar-refractivity contribution < 1.29 is 32.2 Å². The van der Waals surface area contributed by atoms with Gasteiger partial charge in [-0.05, 0) is 53.3 Å². The minimum absolute atomic E-state index is 0.105. The number of allylic oxidation sites excluding steroid dienone is 2. The summed E-state index contributed by atoms with van der Waals surface area (Å²) >= 11 is 0. The topological polar surface area (TPSA) is 52.6 Å². The van der Waals surface area contributed by atoms with Crippen LogP contribution >= 0.6 is 0 Å². The van der Waals surface area contributed by atoms with E-state index in [9.17, 15) is 22.8 Å². The average Bonchev–Trinajstić information content (AvgIpc) is 2.95.